The Balaban J connectivity index is 0.00000364. The van der Waals surface area contributed by atoms with Crippen LogP contribution in [0.1, 0.15) is 25.3 Å². The number of halogens is 1. The molecule has 1 unspecified atom stereocenters. The lowest BCUT2D eigenvalue weighted by molar-refractivity contribution is 0.0931. The first-order chi connectivity index (χ1) is 12.3. The standard InChI is InChI=1S/C19H31N3O3S.HI/c1-16(12-25-13-17-7-5-4-6-8-17)11-21-18(20-2)22-14-19(9-10-19)15-26(3,23)24;/h4-8,16H,9-15H2,1-3H3,(H2,20,21,22);1H. The van der Waals surface area contributed by atoms with Crippen molar-refractivity contribution in [2.24, 2.45) is 16.3 Å². The van der Waals surface area contributed by atoms with E-state index in [2.05, 4.69) is 34.7 Å². The van der Waals surface area contributed by atoms with Crippen LogP contribution in [0, 0.1) is 11.3 Å². The van der Waals surface area contributed by atoms with E-state index in [1.807, 2.05) is 18.2 Å². The second-order valence-corrected chi connectivity index (χ2v) is 9.62. The van der Waals surface area contributed by atoms with Crippen LogP contribution >= 0.6 is 24.0 Å². The average Bonchev–Trinajstić information content (AvgIpc) is 3.33. The summed E-state index contributed by atoms with van der Waals surface area (Å²) in [5.41, 5.74) is 1.06. The minimum absolute atomic E-state index is 0. The summed E-state index contributed by atoms with van der Waals surface area (Å²) in [5.74, 6) is 1.29. The lowest BCUT2D eigenvalue weighted by atomic mass is 10.1. The van der Waals surface area contributed by atoms with Crippen LogP contribution in [0.2, 0.25) is 0 Å². The number of hydrogen-bond donors (Lipinski definition) is 2. The van der Waals surface area contributed by atoms with Crippen molar-refractivity contribution in [1.82, 2.24) is 10.6 Å². The number of ether oxygens (including phenoxy) is 1. The Kier molecular flexibility index (Phi) is 10.0. The summed E-state index contributed by atoms with van der Waals surface area (Å²) in [4.78, 5) is 4.22. The lowest BCUT2D eigenvalue weighted by Crippen LogP contribution is -2.43. The SMILES string of the molecule is CN=C(NCC(C)COCc1ccccc1)NCC1(CS(C)(=O)=O)CC1.I. The van der Waals surface area contributed by atoms with Gasteiger partial charge in [-0.25, -0.2) is 8.42 Å². The molecule has 0 aromatic heterocycles. The summed E-state index contributed by atoms with van der Waals surface area (Å²) in [7, 11) is -1.23. The molecule has 2 rings (SSSR count). The van der Waals surface area contributed by atoms with Gasteiger partial charge in [0.05, 0.1) is 19.0 Å². The number of rotatable bonds is 10. The van der Waals surface area contributed by atoms with Crippen LogP contribution in [0.3, 0.4) is 0 Å². The maximum atomic E-state index is 11.5. The Bertz CT molecular complexity index is 691. The van der Waals surface area contributed by atoms with Crippen LogP contribution < -0.4 is 10.6 Å². The zero-order valence-electron chi connectivity index (χ0n) is 16.4. The van der Waals surface area contributed by atoms with Crippen molar-refractivity contribution in [2.45, 2.75) is 26.4 Å². The number of guanidine groups is 1. The molecule has 0 saturated heterocycles. The summed E-state index contributed by atoms with van der Waals surface area (Å²) >= 11 is 0. The van der Waals surface area contributed by atoms with Gasteiger partial charge < -0.3 is 15.4 Å². The molecule has 1 saturated carbocycles. The Hall–Kier alpha value is -0.870. The summed E-state index contributed by atoms with van der Waals surface area (Å²) in [5, 5.41) is 6.56. The predicted molar refractivity (Wildman–Crippen MR) is 121 cm³/mol. The monoisotopic (exact) mass is 509 g/mol. The van der Waals surface area contributed by atoms with Crippen LogP contribution in [-0.2, 0) is 21.2 Å². The van der Waals surface area contributed by atoms with E-state index in [4.69, 9.17) is 4.74 Å². The van der Waals surface area contributed by atoms with E-state index in [1.165, 1.54) is 11.8 Å². The molecule has 0 amide bonds. The number of nitrogens with zero attached hydrogens (tertiary/aromatic N) is 1. The zero-order chi connectivity index (χ0) is 19.0. The van der Waals surface area contributed by atoms with E-state index in [1.54, 1.807) is 7.05 Å². The van der Waals surface area contributed by atoms with E-state index in [9.17, 15) is 8.42 Å². The third-order valence-corrected chi connectivity index (χ3v) is 5.65. The van der Waals surface area contributed by atoms with E-state index in [0.29, 0.717) is 31.6 Å². The number of benzene rings is 1. The van der Waals surface area contributed by atoms with Gasteiger partial charge in [-0.1, -0.05) is 37.3 Å². The molecule has 0 radical (unpaired) electrons. The highest BCUT2D eigenvalue weighted by molar-refractivity contribution is 14.0. The quantitative estimate of drug-likeness (QED) is 0.288. The zero-order valence-corrected chi connectivity index (χ0v) is 19.5. The smallest absolute Gasteiger partial charge is 0.191 e. The van der Waals surface area contributed by atoms with Crippen molar-refractivity contribution in [2.75, 3.05) is 38.8 Å². The van der Waals surface area contributed by atoms with Gasteiger partial charge in [0.1, 0.15) is 9.84 Å². The fraction of sp³-hybridized carbons (Fsp3) is 0.632. The highest BCUT2D eigenvalue weighted by Gasteiger charge is 2.45. The molecule has 1 aliphatic carbocycles. The molecule has 8 heteroatoms. The number of hydrogen-bond acceptors (Lipinski definition) is 4. The van der Waals surface area contributed by atoms with Crippen LogP contribution in [0.5, 0.6) is 0 Å². The van der Waals surface area contributed by atoms with Crippen LogP contribution in [-0.4, -0.2) is 53.1 Å². The highest BCUT2D eigenvalue weighted by Crippen LogP contribution is 2.45. The summed E-state index contributed by atoms with van der Waals surface area (Å²) in [6.45, 7) is 4.78. The van der Waals surface area contributed by atoms with Crippen molar-refractivity contribution >= 4 is 39.8 Å². The van der Waals surface area contributed by atoms with Gasteiger partial charge >= 0.3 is 0 Å². The second kappa shape index (κ2) is 11.2. The van der Waals surface area contributed by atoms with Gasteiger partial charge in [-0.15, -0.1) is 24.0 Å². The molecular formula is C19H32IN3O3S. The van der Waals surface area contributed by atoms with E-state index < -0.39 is 9.84 Å². The molecule has 0 bridgehead atoms. The van der Waals surface area contributed by atoms with E-state index >= 15 is 0 Å². The molecule has 0 aliphatic heterocycles. The van der Waals surface area contributed by atoms with Crippen molar-refractivity contribution in [1.29, 1.82) is 0 Å². The molecule has 1 aromatic carbocycles. The largest absolute Gasteiger partial charge is 0.376 e. The van der Waals surface area contributed by atoms with Gasteiger partial charge in [0.25, 0.3) is 0 Å². The highest BCUT2D eigenvalue weighted by atomic mass is 127. The molecule has 6 nitrogen and oxygen atoms in total. The van der Waals surface area contributed by atoms with Crippen molar-refractivity contribution < 1.29 is 13.2 Å². The normalized spacial score (nSPS) is 16.9. The number of nitrogens with one attached hydrogen (secondary N) is 2. The first kappa shape index (κ1) is 24.2. The van der Waals surface area contributed by atoms with Crippen molar-refractivity contribution in [3.05, 3.63) is 35.9 Å². The molecule has 1 fully saturated rings. The number of aliphatic imine (C=N–C) groups is 1. The van der Waals surface area contributed by atoms with Crippen LogP contribution in [0.4, 0.5) is 0 Å². The topological polar surface area (TPSA) is 79.8 Å². The Morgan fingerprint density at radius 1 is 1.26 bits per heavy atom. The van der Waals surface area contributed by atoms with Gasteiger partial charge in [-0.05, 0) is 24.3 Å². The number of sulfone groups is 1. The maximum absolute atomic E-state index is 11.5. The minimum atomic E-state index is -2.95. The van der Waals surface area contributed by atoms with Crippen LogP contribution in [0.25, 0.3) is 0 Å². The molecule has 154 valence electrons. The first-order valence-corrected chi connectivity index (χ1v) is 11.1. The third kappa shape index (κ3) is 9.75. The lowest BCUT2D eigenvalue weighted by Gasteiger charge is -2.19. The fourth-order valence-electron chi connectivity index (χ4n) is 2.88. The molecule has 0 spiro atoms. The van der Waals surface area contributed by atoms with Gasteiger partial charge in [0.15, 0.2) is 5.96 Å². The molecule has 0 heterocycles. The second-order valence-electron chi connectivity index (χ2n) is 7.48. The van der Waals surface area contributed by atoms with Gasteiger partial charge in [-0.3, -0.25) is 4.99 Å². The molecule has 27 heavy (non-hydrogen) atoms. The van der Waals surface area contributed by atoms with Crippen LogP contribution in [0.15, 0.2) is 35.3 Å². The molecule has 2 N–H and O–H groups in total. The van der Waals surface area contributed by atoms with E-state index in [-0.39, 0.29) is 35.1 Å². The third-order valence-electron chi connectivity index (χ3n) is 4.51. The van der Waals surface area contributed by atoms with Gasteiger partial charge in [0.2, 0.25) is 0 Å². The van der Waals surface area contributed by atoms with Gasteiger partial charge in [0, 0.05) is 31.8 Å². The summed E-state index contributed by atoms with van der Waals surface area (Å²) in [6, 6.07) is 10.1. The summed E-state index contributed by atoms with van der Waals surface area (Å²) in [6.07, 6.45) is 3.21. The molecule has 1 atom stereocenters. The Labute approximate surface area is 180 Å². The Morgan fingerprint density at radius 2 is 1.93 bits per heavy atom. The Morgan fingerprint density at radius 3 is 2.48 bits per heavy atom. The fourth-order valence-corrected chi connectivity index (χ4v) is 4.38. The molecule has 1 aromatic rings. The molecule has 1 aliphatic rings. The summed E-state index contributed by atoms with van der Waals surface area (Å²) < 4.78 is 28.8. The maximum Gasteiger partial charge on any atom is 0.191 e. The first-order valence-electron chi connectivity index (χ1n) is 9.06. The van der Waals surface area contributed by atoms with E-state index in [0.717, 1.165) is 19.4 Å². The predicted octanol–water partition coefficient (Wildman–Crippen LogP) is 2.45. The van der Waals surface area contributed by atoms with Crippen molar-refractivity contribution in [3.63, 3.8) is 0 Å². The minimum Gasteiger partial charge on any atom is -0.376 e. The van der Waals surface area contributed by atoms with Crippen molar-refractivity contribution in [3.8, 4) is 0 Å². The average molecular weight is 509 g/mol. The molecular weight excluding hydrogens is 477 g/mol. The van der Waals surface area contributed by atoms with Gasteiger partial charge in [-0.2, -0.15) is 0 Å².